The summed E-state index contributed by atoms with van der Waals surface area (Å²) in [6, 6.07) is 3.61. The molecule has 90 valence electrons. The number of hydrogen-bond acceptors (Lipinski definition) is 2. The quantitative estimate of drug-likeness (QED) is 0.742. The van der Waals surface area contributed by atoms with Crippen molar-refractivity contribution in [3.05, 3.63) is 34.4 Å². The van der Waals surface area contributed by atoms with Crippen LogP contribution in [0.4, 0.5) is 0 Å². The topological polar surface area (TPSA) is 34.1 Å². The summed E-state index contributed by atoms with van der Waals surface area (Å²) in [4.78, 5) is 22.0. The van der Waals surface area contributed by atoms with Crippen LogP contribution in [0.3, 0.4) is 0 Å². The number of carbonyl (C=O) groups is 2. The molecule has 0 spiro atoms. The van der Waals surface area contributed by atoms with Gasteiger partial charge in [-0.25, -0.2) is 0 Å². The van der Waals surface area contributed by atoms with Crippen LogP contribution >= 0.6 is 0 Å². The third-order valence-corrected chi connectivity index (χ3v) is 3.72. The van der Waals surface area contributed by atoms with Crippen LogP contribution in [0.1, 0.15) is 69.9 Å². The molecule has 0 heterocycles. The Morgan fingerprint density at radius 2 is 1.76 bits per heavy atom. The maximum atomic E-state index is 11.2. The van der Waals surface area contributed by atoms with Crippen LogP contribution in [0.15, 0.2) is 12.1 Å². The second-order valence-corrected chi connectivity index (χ2v) is 4.91. The molecule has 1 aromatic rings. The molecule has 0 amide bonds. The van der Waals surface area contributed by atoms with Gasteiger partial charge in [-0.2, -0.15) is 0 Å². The van der Waals surface area contributed by atoms with Gasteiger partial charge >= 0.3 is 0 Å². The molecule has 0 saturated heterocycles. The number of carbonyl (C=O) groups excluding carboxylic acids is 2. The molecule has 2 heteroatoms. The highest BCUT2D eigenvalue weighted by atomic mass is 16.1. The smallest absolute Gasteiger partial charge is 0.150 e. The standard InChI is InChI=1S/C15H18O2/c1-11-7-12(9-16)8-14(10-17)15(11)13-5-3-2-4-6-13/h7-10,13H,2-6H2,1H3. The van der Waals surface area contributed by atoms with Gasteiger partial charge in [0, 0.05) is 11.1 Å². The van der Waals surface area contributed by atoms with Crippen molar-refractivity contribution in [1.29, 1.82) is 0 Å². The molecule has 0 bridgehead atoms. The fraction of sp³-hybridized carbons (Fsp3) is 0.467. The van der Waals surface area contributed by atoms with Crippen molar-refractivity contribution in [2.75, 3.05) is 0 Å². The van der Waals surface area contributed by atoms with Gasteiger partial charge in [0.25, 0.3) is 0 Å². The van der Waals surface area contributed by atoms with Gasteiger partial charge < -0.3 is 0 Å². The zero-order valence-electron chi connectivity index (χ0n) is 10.2. The first-order chi connectivity index (χ1) is 8.26. The Balaban J connectivity index is 2.43. The van der Waals surface area contributed by atoms with E-state index in [-0.39, 0.29) is 0 Å². The second kappa shape index (κ2) is 5.26. The van der Waals surface area contributed by atoms with Crippen LogP contribution in [0, 0.1) is 6.92 Å². The number of aldehydes is 2. The molecule has 0 aliphatic heterocycles. The molecule has 1 aliphatic rings. The minimum atomic E-state index is 0.504. The number of rotatable bonds is 3. The zero-order chi connectivity index (χ0) is 12.3. The number of aryl methyl sites for hydroxylation is 1. The summed E-state index contributed by atoms with van der Waals surface area (Å²) in [6.07, 6.45) is 7.84. The second-order valence-electron chi connectivity index (χ2n) is 4.91. The van der Waals surface area contributed by atoms with E-state index in [0.717, 1.165) is 18.1 Å². The molecule has 1 aromatic carbocycles. The largest absolute Gasteiger partial charge is 0.298 e. The fourth-order valence-electron chi connectivity index (χ4n) is 2.97. The van der Waals surface area contributed by atoms with E-state index in [1.165, 1.54) is 37.7 Å². The molecule has 0 radical (unpaired) electrons. The lowest BCUT2D eigenvalue weighted by Gasteiger charge is -2.25. The van der Waals surface area contributed by atoms with E-state index in [1.54, 1.807) is 6.07 Å². The van der Waals surface area contributed by atoms with Gasteiger partial charge in [-0.15, -0.1) is 0 Å². The van der Waals surface area contributed by atoms with E-state index in [9.17, 15) is 9.59 Å². The van der Waals surface area contributed by atoms with Gasteiger partial charge in [0.05, 0.1) is 0 Å². The van der Waals surface area contributed by atoms with Crippen molar-refractivity contribution in [3.63, 3.8) is 0 Å². The Morgan fingerprint density at radius 1 is 1.06 bits per heavy atom. The Morgan fingerprint density at radius 3 is 2.35 bits per heavy atom. The summed E-state index contributed by atoms with van der Waals surface area (Å²) >= 11 is 0. The zero-order valence-corrected chi connectivity index (χ0v) is 10.2. The van der Waals surface area contributed by atoms with Crippen LogP contribution < -0.4 is 0 Å². The molecule has 1 fully saturated rings. The third kappa shape index (κ3) is 2.46. The number of hydrogen-bond donors (Lipinski definition) is 0. The molecule has 17 heavy (non-hydrogen) atoms. The Bertz CT molecular complexity index is 429. The highest BCUT2D eigenvalue weighted by molar-refractivity contribution is 5.84. The van der Waals surface area contributed by atoms with Gasteiger partial charge in [-0.3, -0.25) is 9.59 Å². The van der Waals surface area contributed by atoms with Crippen LogP contribution in [0.25, 0.3) is 0 Å². The van der Waals surface area contributed by atoms with E-state index in [1.807, 2.05) is 13.0 Å². The lowest BCUT2D eigenvalue weighted by Crippen LogP contribution is -2.09. The van der Waals surface area contributed by atoms with E-state index < -0.39 is 0 Å². The average molecular weight is 230 g/mol. The van der Waals surface area contributed by atoms with Crippen LogP contribution in [0.5, 0.6) is 0 Å². The molecule has 0 unspecified atom stereocenters. The first-order valence-corrected chi connectivity index (χ1v) is 6.31. The van der Waals surface area contributed by atoms with Gasteiger partial charge in [0.1, 0.15) is 12.6 Å². The monoisotopic (exact) mass is 230 g/mol. The summed E-state index contributed by atoms with van der Waals surface area (Å²) < 4.78 is 0. The molecule has 0 atom stereocenters. The highest BCUT2D eigenvalue weighted by Crippen LogP contribution is 2.36. The Hall–Kier alpha value is -1.44. The van der Waals surface area contributed by atoms with Gasteiger partial charge in [-0.1, -0.05) is 19.3 Å². The SMILES string of the molecule is Cc1cc(C=O)cc(C=O)c1C1CCCCC1. The lowest BCUT2D eigenvalue weighted by molar-refractivity contribution is 0.112. The van der Waals surface area contributed by atoms with E-state index in [2.05, 4.69) is 0 Å². The van der Waals surface area contributed by atoms with Crippen LogP contribution in [-0.4, -0.2) is 12.6 Å². The summed E-state index contributed by atoms with van der Waals surface area (Å²) in [5.74, 6) is 0.504. The average Bonchev–Trinajstić information content (AvgIpc) is 2.38. The normalized spacial score (nSPS) is 16.8. The molecule has 1 saturated carbocycles. The predicted octanol–water partition coefficient (Wildman–Crippen LogP) is 3.67. The highest BCUT2D eigenvalue weighted by Gasteiger charge is 2.20. The van der Waals surface area contributed by atoms with Crippen molar-refractivity contribution >= 4 is 12.6 Å². The number of benzene rings is 1. The van der Waals surface area contributed by atoms with E-state index >= 15 is 0 Å². The van der Waals surface area contributed by atoms with Crippen LogP contribution in [0.2, 0.25) is 0 Å². The van der Waals surface area contributed by atoms with E-state index in [4.69, 9.17) is 0 Å². The lowest BCUT2D eigenvalue weighted by atomic mass is 9.80. The molecule has 2 rings (SSSR count). The predicted molar refractivity (Wildman–Crippen MR) is 67.8 cm³/mol. The molecule has 1 aliphatic carbocycles. The first-order valence-electron chi connectivity index (χ1n) is 6.31. The van der Waals surface area contributed by atoms with Gasteiger partial charge in [0.2, 0.25) is 0 Å². The van der Waals surface area contributed by atoms with Crippen molar-refractivity contribution in [1.82, 2.24) is 0 Å². The van der Waals surface area contributed by atoms with Crippen molar-refractivity contribution in [2.45, 2.75) is 44.9 Å². The van der Waals surface area contributed by atoms with E-state index in [0.29, 0.717) is 17.0 Å². The molecule has 0 N–H and O–H groups in total. The maximum absolute atomic E-state index is 11.2. The van der Waals surface area contributed by atoms with Crippen LogP contribution in [-0.2, 0) is 0 Å². The molecular weight excluding hydrogens is 212 g/mol. The van der Waals surface area contributed by atoms with Gasteiger partial charge in [-0.05, 0) is 48.9 Å². The summed E-state index contributed by atoms with van der Waals surface area (Å²) in [5, 5.41) is 0. The fourth-order valence-corrected chi connectivity index (χ4v) is 2.97. The minimum absolute atomic E-state index is 0.504. The maximum Gasteiger partial charge on any atom is 0.150 e. The minimum Gasteiger partial charge on any atom is -0.298 e. The molecule has 2 nitrogen and oxygen atoms in total. The Kier molecular flexibility index (Phi) is 3.72. The Labute approximate surface area is 102 Å². The van der Waals surface area contributed by atoms with Crippen molar-refractivity contribution < 1.29 is 9.59 Å². The van der Waals surface area contributed by atoms with Crippen molar-refractivity contribution in [2.24, 2.45) is 0 Å². The summed E-state index contributed by atoms with van der Waals surface area (Å²) in [5.41, 5.74) is 3.57. The third-order valence-electron chi connectivity index (χ3n) is 3.72. The first kappa shape index (κ1) is 12.0. The van der Waals surface area contributed by atoms with Gasteiger partial charge in [0.15, 0.2) is 0 Å². The summed E-state index contributed by atoms with van der Waals surface area (Å²) in [7, 11) is 0. The molecule has 0 aromatic heterocycles. The van der Waals surface area contributed by atoms with Crippen molar-refractivity contribution in [3.8, 4) is 0 Å². The molecular formula is C15H18O2. The summed E-state index contributed by atoms with van der Waals surface area (Å²) in [6.45, 7) is 2.00.